The number of carbonyl (C=O) groups is 1. The van der Waals surface area contributed by atoms with E-state index in [4.69, 9.17) is 4.74 Å². The number of nitrogens with zero attached hydrogens (tertiary/aromatic N) is 5. The van der Waals surface area contributed by atoms with E-state index in [1.807, 2.05) is 12.1 Å². The lowest BCUT2D eigenvalue weighted by Gasteiger charge is -2.15. The number of amides is 1. The van der Waals surface area contributed by atoms with Gasteiger partial charge in [0.05, 0.1) is 17.0 Å². The zero-order chi connectivity index (χ0) is 38.2. The van der Waals surface area contributed by atoms with Gasteiger partial charge in [-0.1, -0.05) is 50.0 Å². The number of benzene rings is 3. The van der Waals surface area contributed by atoms with Crippen molar-refractivity contribution < 1.29 is 26.7 Å². The minimum Gasteiger partial charge on any atom is -0.360 e. The van der Waals surface area contributed by atoms with Gasteiger partial charge in [-0.05, 0) is 77.8 Å². The van der Waals surface area contributed by atoms with Crippen LogP contribution in [0.3, 0.4) is 0 Å². The number of pyridine rings is 2. The number of fused-ring (bicyclic) bond motifs is 2. The van der Waals surface area contributed by atoms with E-state index in [1.54, 1.807) is 41.1 Å². The quantitative estimate of drug-likeness (QED) is 0.102. The molecule has 0 radical (unpaired) electrons. The molecule has 0 aliphatic carbocycles. The van der Waals surface area contributed by atoms with E-state index in [1.165, 1.54) is 53.5 Å². The Labute approximate surface area is 310 Å². The predicted molar refractivity (Wildman–Crippen MR) is 206 cm³/mol. The summed E-state index contributed by atoms with van der Waals surface area (Å²) >= 11 is 0. The Kier molecular flexibility index (Phi) is 9.87. The topological polar surface area (TPSA) is 130 Å². The number of hydrogen-bond acceptors (Lipinski definition) is 7. The van der Waals surface area contributed by atoms with Crippen LogP contribution in [0.15, 0.2) is 119 Å². The molecule has 0 aliphatic rings. The summed E-state index contributed by atoms with van der Waals surface area (Å²) in [7, 11) is -5.37. The van der Waals surface area contributed by atoms with E-state index in [9.17, 15) is 26.8 Å². The van der Waals surface area contributed by atoms with Crippen LogP contribution in [0.1, 0.15) is 15.9 Å². The summed E-state index contributed by atoms with van der Waals surface area (Å²) in [5, 5.41) is 8.58. The van der Waals surface area contributed by atoms with Gasteiger partial charge in [-0.3, -0.25) is 9.59 Å². The molecule has 1 amide bonds. The average Bonchev–Trinajstić information content (AvgIpc) is 3.71. The molecule has 54 heavy (non-hydrogen) atoms. The summed E-state index contributed by atoms with van der Waals surface area (Å²) in [6.07, 6.45) is 4.52. The van der Waals surface area contributed by atoms with Gasteiger partial charge in [0, 0.05) is 49.6 Å². The molecule has 15 heteroatoms. The Hall–Kier alpha value is -5.77. The number of ether oxygens (including phenoxy) is 1. The highest BCUT2D eigenvalue weighted by molar-refractivity contribution is 7.90. The van der Waals surface area contributed by atoms with E-state index in [0.29, 0.717) is 39.6 Å². The zero-order valence-corrected chi connectivity index (χ0v) is 31.5. The standard InChI is InChI=1S/C39H36F2N6O5SSi/c1-54(2,3)20-19-52-25-46-35-16-14-27(32-24-47(37-29(32)11-7-17-42-37)53(50,51)28-9-5-4-6-10-28)22-31(35)36(44-46)43-38(48)30-12-8-18-45(39(30)49)23-26-13-15-33(40)34(41)21-26/h4-18,21-22,24H,19-20,23,25H2,1-3H3,(H,43,44,48). The van der Waals surface area contributed by atoms with Crippen LogP contribution >= 0.6 is 0 Å². The Morgan fingerprint density at radius 1 is 0.907 bits per heavy atom. The van der Waals surface area contributed by atoms with Crippen molar-refractivity contribution in [3.63, 3.8) is 0 Å². The lowest BCUT2D eigenvalue weighted by atomic mass is 10.0. The molecule has 276 valence electrons. The highest BCUT2D eigenvalue weighted by atomic mass is 32.2. The molecule has 0 saturated carbocycles. The molecule has 0 unspecified atom stereocenters. The fourth-order valence-electron chi connectivity index (χ4n) is 6.06. The predicted octanol–water partition coefficient (Wildman–Crippen LogP) is 7.34. The molecule has 0 bridgehead atoms. The Morgan fingerprint density at radius 2 is 1.70 bits per heavy atom. The van der Waals surface area contributed by atoms with Crippen molar-refractivity contribution in [2.45, 2.75) is 43.9 Å². The van der Waals surface area contributed by atoms with Crippen molar-refractivity contribution in [2.75, 3.05) is 11.9 Å². The molecule has 11 nitrogen and oxygen atoms in total. The minimum absolute atomic E-state index is 0.0880. The smallest absolute Gasteiger partial charge is 0.269 e. The highest BCUT2D eigenvalue weighted by Crippen LogP contribution is 2.35. The summed E-state index contributed by atoms with van der Waals surface area (Å²) in [5.41, 5.74) is 1.60. The molecule has 0 aliphatic heterocycles. The number of aromatic nitrogens is 5. The SMILES string of the molecule is C[Si](C)(C)CCOCn1nc(NC(=O)c2cccn(Cc3ccc(F)c(F)c3)c2=O)c2cc(-c3cn(S(=O)(=O)c4ccccc4)c4ncccc34)ccc21. The second-order valence-corrected chi connectivity index (χ2v) is 21.5. The summed E-state index contributed by atoms with van der Waals surface area (Å²) < 4.78 is 65.0. The molecule has 4 aromatic heterocycles. The Bertz CT molecular complexity index is 2710. The third kappa shape index (κ3) is 7.38. The third-order valence-corrected chi connectivity index (χ3v) is 12.3. The van der Waals surface area contributed by atoms with Crippen LogP contribution in [0, 0.1) is 11.6 Å². The molecule has 7 rings (SSSR count). The molecule has 7 aromatic rings. The minimum atomic E-state index is -4.00. The van der Waals surface area contributed by atoms with Gasteiger partial charge < -0.3 is 14.6 Å². The summed E-state index contributed by atoms with van der Waals surface area (Å²) in [5.74, 6) is -2.62. The fourth-order valence-corrected chi connectivity index (χ4v) is 8.16. The van der Waals surface area contributed by atoms with E-state index in [-0.39, 0.29) is 35.2 Å². The number of rotatable bonds is 12. The summed E-state index contributed by atoms with van der Waals surface area (Å²) in [6.45, 7) is 7.29. The Morgan fingerprint density at radius 3 is 2.46 bits per heavy atom. The van der Waals surface area contributed by atoms with Gasteiger partial charge in [0.15, 0.2) is 23.1 Å². The van der Waals surface area contributed by atoms with Crippen LogP contribution in [0.5, 0.6) is 0 Å². The summed E-state index contributed by atoms with van der Waals surface area (Å²) in [4.78, 5) is 31.7. The molecule has 0 saturated heterocycles. The van der Waals surface area contributed by atoms with Crippen molar-refractivity contribution in [1.29, 1.82) is 0 Å². The van der Waals surface area contributed by atoms with Gasteiger partial charge in [0.2, 0.25) is 0 Å². The lowest BCUT2D eigenvalue weighted by Crippen LogP contribution is -2.29. The van der Waals surface area contributed by atoms with Crippen molar-refractivity contribution in [1.82, 2.24) is 23.3 Å². The van der Waals surface area contributed by atoms with Crippen molar-refractivity contribution in [3.05, 3.63) is 143 Å². The fraction of sp³-hybridized carbons (Fsp3) is 0.179. The third-order valence-electron chi connectivity index (χ3n) is 8.94. The van der Waals surface area contributed by atoms with Crippen molar-refractivity contribution in [2.24, 2.45) is 0 Å². The highest BCUT2D eigenvalue weighted by Gasteiger charge is 2.24. The van der Waals surface area contributed by atoms with Crippen molar-refractivity contribution in [3.8, 4) is 11.1 Å². The molecular formula is C39H36F2N6O5SSi. The zero-order valence-electron chi connectivity index (χ0n) is 29.7. The molecule has 4 heterocycles. The molecule has 3 aromatic carbocycles. The first-order valence-corrected chi connectivity index (χ1v) is 22.2. The average molecular weight is 767 g/mol. The van der Waals surface area contributed by atoms with Crippen LogP contribution in [0.2, 0.25) is 25.7 Å². The molecular weight excluding hydrogens is 731 g/mol. The first-order chi connectivity index (χ1) is 25.8. The lowest BCUT2D eigenvalue weighted by molar-refractivity contribution is 0.0818. The Balaban J connectivity index is 1.27. The van der Waals surface area contributed by atoms with Crippen molar-refractivity contribution >= 4 is 51.8 Å². The number of carbonyl (C=O) groups excluding carboxylic acids is 1. The molecule has 0 atom stereocenters. The van der Waals surface area contributed by atoms with Gasteiger partial charge in [-0.15, -0.1) is 0 Å². The maximum absolute atomic E-state index is 13.9. The second kappa shape index (κ2) is 14.6. The van der Waals surface area contributed by atoms with Crippen LogP contribution in [-0.2, 0) is 28.0 Å². The van der Waals surface area contributed by atoms with Gasteiger partial charge >= 0.3 is 0 Å². The normalized spacial score (nSPS) is 12.1. The van der Waals surface area contributed by atoms with Gasteiger partial charge in [-0.25, -0.2) is 30.8 Å². The number of hydrogen-bond donors (Lipinski definition) is 1. The van der Waals surface area contributed by atoms with Crippen LogP contribution in [0.4, 0.5) is 14.6 Å². The number of halogens is 2. The van der Waals surface area contributed by atoms with Crippen LogP contribution < -0.4 is 10.9 Å². The van der Waals surface area contributed by atoms with Gasteiger partial charge in [0.1, 0.15) is 12.3 Å². The first kappa shape index (κ1) is 36.6. The van der Waals surface area contributed by atoms with Gasteiger partial charge in [0.25, 0.3) is 21.5 Å². The van der Waals surface area contributed by atoms with E-state index in [0.717, 1.165) is 22.1 Å². The number of nitrogens with one attached hydrogen (secondary N) is 1. The summed E-state index contributed by atoms with van der Waals surface area (Å²) in [6, 6.07) is 24.2. The molecule has 1 N–H and O–H groups in total. The maximum atomic E-state index is 13.9. The van der Waals surface area contributed by atoms with E-state index in [2.05, 4.69) is 35.0 Å². The van der Waals surface area contributed by atoms with Gasteiger partial charge in [-0.2, -0.15) is 5.10 Å². The maximum Gasteiger partial charge on any atom is 0.269 e. The van der Waals surface area contributed by atoms with Crippen LogP contribution in [-0.4, -0.2) is 52.3 Å². The number of anilines is 1. The monoisotopic (exact) mass is 766 g/mol. The molecule has 0 spiro atoms. The van der Waals surface area contributed by atoms with E-state index < -0.39 is 41.2 Å². The largest absolute Gasteiger partial charge is 0.360 e. The molecule has 0 fully saturated rings. The first-order valence-electron chi connectivity index (χ1n) is 17.1. The second-order valence-electron chi connectivity index (χ2n) is 14.0. The van der Waals surface area contributed by atoms with Crippen LogP contribution in [0.25, 0.3) is 33.1 Å². The van der Waals surface area contributed by atoms with E-state index >= 15 is 0 Å².